The molecule has 0 heterocycles. The minimum atomic E-state index is -0.396. The van der Waals surface area contributed by atoms with E-state index < -0.39 is 5.91 Å². The average Bonchev–Trinajstić information content (AvgIpc) is 2.55. The number of hydrogen-bond donors (Lipinski definition) is 2. The van der Waals surface area contributed by atoms with Gasteiger partial charge in [0.05, 0.1) is 18.3 Å². The molecule has 23 heavy (non-hydrogen) atoms. The number of hydrogen-bond acceptors (Lipinski definition) is 3. The summed E-state index contributed by atoms with van der Waals surface area (Å²) in [6, 6.07) is 14.7. The molecule has 0 bridgehead atoms. The van der Waals surface area contributed by atoms with Crippen molar-refractivity contribution in [1.82, 2.24) is 10.7 Å². The topological polar surface area (TPSA) is 70.6 Å². The van der Waals surface area contributed by atoms with Crippen LogP contribution in [0, 0.1) is 3.57 Å². The molecule has 2 rings (SSSR count). The zero-order valence-electron chi connectivity index (χ0n) is 11.9. The number of halogens is 2. The molecule has 2 aromatic rings. The third-order valence-electron chi connectivity index (χ3n) is 2.83. The Morgan fingerprint density at radius 2 is 1.83 bits per heavy atom. The minimum Gasteiger partial charge on any atom is -0.343 e. The highest BCUT2D eigenvalue weighted by molar-refractivity contribution is 14.1. The Labute approximate surface area is 155 Å². The van der Waals surface area contributed by atoms with E-state index in [1.165, 1.54) is 6.21 Å². The predicted octanol–water partition coefficient (Wildman–Crippen LogP) is 2.93. The summed E-state index contributed by atoms with van der Waals surface area (Å²) in [6.45, 7) is -0.142. The summed E-state index contributed by atoms with van der Waals surface area (Å²) >= 11 is 5.46. The van der Waals surface area contributed by atoms with Gasteiger partial charge < -0.3 is 5.32 Å². The molecule has 2 aromatic carbocycles. The van der Waals surface area contributed by atoms with E-state index >= 15 is 0 Å². The van der Waals surface area contributed by atoms with E-state index in [1.54, 1.807) is 12.1 Å². The Bertz CT molecular complexity index is 750. The SMILES string of the molecule is O=C(CNC(=O)c1ccccc1I)N/N=C/c1ccccc1Br. The van der Waals surface area contributed by atoms with Crippen LogP contribution in [-0.2, 0) is 4.79 Å². The predicted molar refractivity (Wildman–Crippen MR) is 101 cm³/mol. The highest BCUT2D eigenvalue weighted by atomic mass is 127. The summed E-state index contributed by atoms with van der Waals surface area (Å²) in [5, 5.41) is 6.42. The van der Waals surface area contributed by atoms with E-state index in [0.717, 1.165) is 13.6 Å². The van der Waals surface area contributed by atoms with Crippen molar-refractivity contribution in [2.75, 3.05) is 6.54 Å². The smallest absolute Gasteiger partial charge is 0.259 e. The minimum absolute atomic E-state index is 0.142. The molecule has 0 aliphatic carbocycles. The van der Waals surface area contributed by atoms with Gasteiger partial charge in [-0.15, -0.1) is 0 Å². The van der Waals surface area contributed by atoms with Gasteiger partial charge in [0, 0.05) is 13.6 Å². The fourth-order valence-electron chi connectivity index (χ4n) is 1.69. The van der Waals surface area contributed by atoms with Crippen LogP contribution in [0.15, 0.2) is 58.1 Å². The van der Waals surface area contributed by atoms with E-state index in [1.807, 2.05) is 36.4 Å². The van der Waals surface area contributed by atoms with Crippen LogP contribution in [0.3, 0.4) is 0 Å². The standard InChI is InChI=1S/C16H13BrIN3O2/c17-13-7-3-1-5-11(13)9-20-21-15(22)10-19-16(23)12-6-2-4-8-14(12)18/h1-9H,10H2,(H,19,23)(H,21,22)/b20-9+. The highest BCUT2D eigenvalue weighted by Gasteiger charge is 2.10. The summed E-state index contributed by atoms with van der Waals surface area (Å²) in [5.74, 6) is -0.687. The molecule has 0 fully saturated rings. The first kappa shape index (κ1) is 17.6. The lowest BCUT2D eigenvalue weighted by molar-refractivity contribution is -0.120. The zero-order chi connectivity index (χ0) is 16.7. The Morgan fingerprint density at radius 1 is 1.13 bits per heavy atom. The van der Waals surface area contributed by atoms with Crippen LogP contribution in [0.1, 0.15) is 15.9 Å². The molecule has 0 aromatic heterocycles. The quantitative estimate of drug-likeness (QED) is 0.388. The van der Waals surface area contributed by atoms with Gasteiger partial charge in [-0.3, -0.25) is 9.59 Å². The fraction of sp³-hybridized carbons (Fsp3) is 0.0625. The van der Waals surface area contributed by atoms with Gasteiger partial charge in [-0.25, -0.2) is 5.43 Å². The van der Waals surface area contributed by atoms with Crippen molar-refractivity contribution in [2.45, 2.75) is 0 Å². The maximum atomic E-state index is 12.0. The summed E-state index contributed by atoms with van der Waals surface area (Å²) in [7, 11) is 0. The van der Waals surface area contributed by atoms with Crippen molar-refractivity contribution >= 4 is 56.5 Å². The molecular formula is C16H13BrIN3O2. The van der Waals surface area contributed by atoms with Gasteiger partial charge in [0.1, 0.15) is 0 Å². The summed E-state index contributed by atoms with van der Waals surface area (Å²) in [4.78, 5) is 23.7. The molecule has 7 heteroatoms. The molecule has 0 atom stereocenters. The van der Waals surface area contributed by atoms with Gasteiger partial charge >= 0.3 is 0 Å². The third-order valence-corrected chi connectivity index (χ3v) is 4.49. The number of hydrazone groups is 1. The van der Waals surface area contributed by atoms with Gasteiger partial charge in [-0.1, -0.05) is 46.3 Å². The van der Waals surface area contributed by atoms with Gasteiger partial charge in [0.25, 0.3) is 11.8 Å². The largest absolute Gasteiger partial charge is 0.343 e. The molecule has 0 unspecified atom stereocenters. The summed E-state index contributed by atoms with van der Waals surface area (Å²) in [5.41, 5.74) is 3.76. The number of benzene rings is 2. The molecule has 0 saturated carbocycles. The number of nitrogens with one attached hydrogen (secondary N) is 2. The molecule has 0 aliphatic heterocycles. The lowest BCUT2D eigenvalue weighted by atomic mass is 10.2. The maximum absolute atomic E-state index is 12.0. The van der Waals surface area contributed by atoms with Crippen molar-refractivity contribution in [1.29, 1.82) is 0 Å². The van der Waals surface area contributed by atoms with Crippen LogP contribution in [0.5, 0.6) is 0 Å². The van der Waals surface area contributed by atoms with Gasteiger partial charge in [-0.2, -0.15) is 5.10 Å². The van der Waals surface area contributed by atoms with Crippen molar-refractivity contribution in [3.05, 3.63) is 67.7 Å². The van der Waals surface area contributed by atoms with E-state index in [2.05, 4.69) is 54.4 Å². The third kappa shape index (κ3) is 5.43. The number of rotatable bonds is 5. The first-order valence-electron chi connectivity index (χ1n) is 6.67. The van der Waals surface area contributed by atoms with Crippen molar-refractivity contribution < 1.29 is 9.59 Å². The normalized spacial score (nSPS) is 10.5. The van der Waals surface area contributed by atoms with Crippen LogP contribution in [0.4, 0.5) is 0 Å². The number of nitrogens with zero attached hydrogens (tertiary/aromatic N) is 1. The molecule has 0 radical (unpaired) electrons. The monoisotopic (exact) mass is 485 g/mol. The van der Waals surface area contributed by atoms with Gasteiger partial charge in [0.15, 0.2) is 0 Å². The molecule has 2 N–H and O–H groups in total. The van der Waals surface area contributed by atoms with Crippen molar-refractivity contribution in [3.63, 3.8) is 0 Å². The Hall–Kier alpha value is -1.74. The average molecular weight is 486 g/mol. The number of carbonyl (C=O) groups excluding carboxylic acids is 2. The summed E-state index contributed by atoms with van der Waals surface area (Å²) < 4.78 is 1.71. The summed E-state index contributed by atoms with van der Waals surface area (Å²) in [6.07, 6.45) is 1.53. The van der Waals surface area contributed by atoms with E-state index in [-0.39, 0.29) is 12.5 Å². The first-order chi connectivity index (χ1) is 11.1. The number of carbonyl (C=O) groups is 2. The van der Waals surface area contributed by atoms with Crippen LogP contribution in [0.25, 0.3) is 0 Å². The lowest BCUT2D eigenvalue weighted by Crippen LogP contribution is -2.35. The molecule has 0 saturated heterocycles. The first-order valence-corrected chi connectivity index (χ1v) is 8.54. The van der Waals surface area contributed by atoms with Crippen molar-refractivity contribution in [2.24, 2.45) is 5.10 Å². The highest BCUT2D eigenvalue weighted by Crippen LogP contribution is 2.13. The second kappa shape index (κ2) is 8.78. The molecule has 2 amide bonds. The molecular weight excluding hydrogens is 473 g/mol. The Morgan fingerprint density at radius 3 is 2.57 bits per heavy atom. The van der Waals surface area contributed by atoms with Crippen LogP contribution >= 0.6 is 38.5 Å². The van der Waals surface area contributed by atoms with Gasteiger partial charge in [-0.05, 0) is 40.8 Å². The van der Waals surface area contributed by atoms with E-state index in [0.29, 0.717) is 5.56 Å². The molecule has 118 valence electrons. The second-order valence-corrected chi connectivity index (χ2v) is 6.49. The van der Waals surface area contributed by atoms with Crippen LogP contribution in [0.2, 0.25) is 0 Å². The van der Waals surface area contributed by atoms with Gasteiger partial charge in [0.2, 0.25) is 0 Å². The van der Waals surface area contributed by atoms with Crippen LogP contribution in [-0.4, -0.2) is 24.6 Å². The van der Waals surface area contributed by atoms with Crippen LogP contribution < -0.4 is 10.7 Å². The Kier molecular flexibility index (Phi) is 6.72. The lowest BCUT2D eigenvalue weighted by Gasteiger charge is -2.05. The number of amides is 2. The van der Waals surface area contributed by atoms with E-state index in [4.69, 9.17) is 0 Å². The maximum Gasteiger partial charge on any atom is 0.259 e. The van der Waals surface area contributed by atoms with Crippen molar-refractivity contribution in [3.8, 4) is 0 Å². The van der Waals surface area contributed by atoms with E-state index in [9.17, 15) is 9.59 Å². The molecule has 0 spiro atoms. The fourth-order valence-corrected chi connectivity index (χ4v) is 2.71. The molecule has 5 nitrogen and oxygen atoms in total. The second-order valence-electron chi connectivity index (χ2n) is 4.48. The zero-order valence-corrected chi connectivity index (χ0v) is 15.7. The Balaban J connectivity index is 1.83. The molecule has 0 aliphatic rings.